The third-order valence-corrected chi connectivity index (χ3v) is 8.06. The van der Waals surface area contributed by atoms with E-state index in [2.05, 4.69) is 19.1 Å². The number of rotatable bonds is 11. The van der Waals surface area contributed by atoms with Crippen LogP contribution in [-0.2, 0) is 0 Å². The molecule has 1 saturated carbocycles. The molecule has 0 heterocycles. The van der Waals surface area contributed by atoms with Gasteiger partial charge in [-0.1, -0.05) is 75.7 Å². The van der Waals surface area contributed by atoms with Crippen LogP contribution in [0.15, 0.2) is 29.8 Å². The Labute approximate surface area is 185 Å². The number of halogens is 1. The Morgan fingerprint density at radius 2 is 1.80 bits per heavy atom. The molecular weight excluding hydrogens is 367 g/mol. The van der Waals surface area contributed by atoms with E-state index in [0.717, 1.165) is 12.0 Å². The topological polar surface area (TPSA) is 0 Å². The normalized spacial score (nSPS) is 20.0. The molecule has 0 spiro atoms. The van der Waals surface area contributed by atoms with Crippen LogP contribution in [0.2, 0.25) is 0 Å². The van der Waals surface area contributed by atoms with E-state index in [1.54, 1.807) is 5.57 Å². The zero-order chi connectivity index (χ0) is 21.2. The minimum Gasteiger partial charge on any atom is -0.207 e. The maximum atomic E-state index is 14.4. The van der Waals surface area contributed by atoms with Gasteiger partial charge in [-0.25, -0.2) is 4.39 Å². The van der Waals surface area contributed by atoms with Crippen LogP contribution in [-0.4, -0.2) is 0 Å². The molecule has 1 aromatic rings. The number of hydrogen-bond donors (Lipinski definition) is 0. The number of aryl methyl sites for hydroxylation is 1. The highest BCUT2D eigenvalue weighted by molar-refractivity contribution is 5.28. The summed E-state index contributed by atoms with van der Waals surface area (Å²) < 4.78 is 14.4. The quantitative estimate of drug-likeness (QED) is 0.250. The second-order valence-corrected chi connectivity index (χ2v) is 10.4. The third kappa shape index (κ3) is 6.96. The smallest absolute Gasteiger partial charge is 0.126 e. The zero-order valence-electron chi connectivity index (χ0n) is 19.8. The van der Waals surface area contributed by atoms with Crippen LogP contribution in [0.5, 0.6) is 0 Å². The number of unbranched alkanes of at least 4 members (excludes halogenated alkanes) is 3. The summed E-state index contributed by atoms with van der Waals surface area (Å²) in [6.07, 6.45) is 25.4. The zero-order valence-corrected chi connectivity index (χ0v) is 19.8. The highest BCUT2D eigenvalue weighted by Crippen LogP contribution is 2.47. The molecule has 0 aliphatic heterocycles. The van der Waals surface area contributed by atoms with Crippen molar-refractivity contribution in [3.05, 3.63) is 46.8 Å². The van der Waals surface area contributed by atoms with Crippen molar-refractivity contribution in [1.29, 1.82) is 0 Å². The summed E-state index contributed by atoms with van der Waals surface area (Å²) >= 11 is 0. The number of benzene rings is 1. The fourth-order valence-corrected chi connectivity index (χ4v) is 5.99. The molecule has 30 heavy (non-hydrogen) atoms. The molecule has 1 aromatic carbocycles. The van der Waals surface area contributed by atoms with Gasteiger partial charge in [-0.3, -0.25) is 0 Å². The average molecular weight is 413 g/mol. The molecular formula is C29H45F. The molecule has 0 radical (unpaired) electrons. The van der Waals surface area contributed by atoms with E-state index in [1.807, 2.05) is 19.1 Å². The van der Waals surface area contributed by atoms with Crippen molar-refractivity contribution in [2.75, 3.05) is 0 Å². The van der Waals surface area contributed by atoms with Crippen molar-refractivity contribution in [3.8, 4) is 0 Å². The van der Waals surface area contributed by atoms with Gasteiger partial charge in [-0.15, -0.1) is 0 Å². The summed E-state index contributed by atoms with van der Waals surface area (Å²) in [7, 11) is 0. The van der Waals surface area contributed by atoms with Gasteiger partial charge in [-0.2, -0.15) is 0 Å². The minimum atomic E-state index is -0.0259. The Kier molecular flexibility index (Phi) is 9.47. The molecule has 0 nitrogen and oxygen atoms in total. The van der Waals surface area contributed by atoms with Crippen molar-refractivity contribution in [3.63, 3.8) is 0 Å². The standard InChI is InChI=1S/C29H45F/c1-3-4-5-10-18-29(19-11-7-12-20-29)21-17-27(22-25-13-8-6-9-14-25)26-16-15-24(2)28(30)23-26/h13,15-16,23,27H,3-12,14,17-22H2,1-2H3. The average Bonchev–Trinajstić information content (AvgIpc) is 2.78. The van der Waals surface area contributed by atoms with E-state index in [-0.39, 0.29) is 5.82 Å². The lowest BCUT2D eigenvalue weighted by Gasteiger charge is -2.39. The molecule has 0 aromatic heterocycles. The summed E-state index contributed by atoms with van der Waals surface area (Å²) in [5.74, 6) is 0.459. The van der Waals surface area contributed by atoms with Crippen LogP contribution in [0.1, 0.15) is 133 Å². The van der Waals surface area contributed by atoms with Gasteiger partial charge in [0, 0.05) is 0 Å². The highest BCUT2D eigenvalue weighted by Gasteiger charge is 2.32. The molecule has 168 valence electrons. The van der Waals surface area contributed by atoms with E-state index >= 15 is 0 Å². The summed E-state index contributed by atoms with van der Waals surface area (Å²) in [6, 6.07) is 6.05. The van der Waals surface area contributed by atoms with Crippen LogP contribution >= 0.6 is 0 Å². The maximum Gasteiger partial charge on any atom is 0.126 e. The number of hydrogen-bond acceptors (Lipinski definition) is 0. The molecule has 0 saturated heterocycles. The number of allylic oxidation sites excluding steroid dienone is 2. The third-order valence-electron chi connectivity index (χ3n) is 8.06. The van der Waals surface area contributed by atoms with Crippen molar-refractivity contribution in [2.24, 2.45) is 5.41 Å². The molecule has 1 atom stereocenters. The Hall–Kier alpha value is -1.11. The molecule has 2 aliphatic rings. The molecule has 0 bridgehead atoms. The first-order valence-corrected chi connectivity index (χ1v) is 13.1. The van der Waals surface area contributed by atoms with Crippen LogP contribution in [0.3, 0.4) is 0 Å². The van der Waals surface area contributed by atoms with Crippen molar-refractivity contribution in [2.45, 2.75) is 129 Å². The fourth-order valence-electron chi connectivity index (χ4n) is 5.99. The Bertz CT molecular complexity index is 665. The van der Waals surface area contributed by atoms with E-state index in [9.17, 15) is 4.39 Å². The predicted octanol–water partition coefficient (Wildman–Crippen LogP) is 9.81. The molecule has 3 rings (SSSR count). The van der Waals surface area contributed by atoms with Gasteiger partial charge in [0.15, 0.2) is 0 Å². The van der Waals surface area contributed by atoms with Crippen molar-refractivity contribution in [1.82, 2.24) is 0 Å². The fraction of sp³-hybridized carbons (Fsp3) is 0.724. The Balaban J connectivity index is 1.71. The first kappa shape index (κ1) is 23.6. The largest absolute Gasteiger partial charge is 0.207 e. The van der Waals surface area contributed by atoms with Gasteiger partial charge in [0.05, 0.1) is 0 Å². The van der Waals surface area contributed by atoms with Crippen LogP contribution < -0.4 is 0 Å². The van der Waals surface area contributed by atoms with E-state index in [1.165, 1.54) is 108 Å². The first-order chi connectivity index (χ1) is 14.6. The molecule has 1 unspecified atom stereocenters. The van der Waals surface area contributed by atoms with Crippen LogP contribution in [0.4, 0.5) is 4.39 Å². The van der Waals surface area contributed by atoms with Gasteiger partial charge in [0.2, 0.25) is 0 Å². The molecule has 0 amide bonds. The summed E-state index contributed by atoms with van der Waals surface area (Å²) in [5, 5.41) is 0. The van der Waals surface area contributed by atoms with Gasteiger partial charge >= 0.3 is 0 Å². The molecule has 0 N–H and O–H groups in total. The van der Waals surface area contributed by atoms with E-state index in [4.69, 9.17) is 0 Å². The maximum absolute atomic E-state index is 14.4. The van der Waals surface area contributed by atoms with Gasteiger partial charge in [-0.05, 0) is 99.7 Å². The van der Waals surface area contributed by atoms with Crippen molar-refractivity contribution >= 4 is 0 Å². The first-order valence-electron chi connectivity index (χ1n) is 13.1. The second-order valence-electron chi connectivity index (χ2n) is 10.4. The summed E-state index contributed by atoms with van der Waals surface area (Å²) in [4.78, 5) is 0. The Morgan fingerprint density at radius 3 is 2.50 bits per heavy atom. The monoisotopic (exact) mass is 412 g/mol. The second kappa shape index (κ2) is 12.1. The van der Waals surface area contributed by atoms with Gasteiger partial charge in [0.1, 0.15) is 5.82 Å². The molecule has 1 heteroatoms. The minimum absolute atomic E-state index is 0.0259. The summed E-state index contributed by atoms with van der Waals surface area (Å²) in [5.41, 5.74) is 4.21. The highest BCUT2D eigenvalue weighted by atomic mass is 19.1. The van der Waals surface area contributed by atoms with E-state index in [0.29, 0.717) is 11.3 Å². The lowest BCUT2D eigenvalue weighted by Crippen LogP contribution is -2.25. The molecule has 2 aliphatic carbocycles. The SMILES string of the molecule is CCCCCCC1(CCC(CC2=CCCCC2)c2ccc(C)c(F)c2)CCCCC1. The molecule has 1 fully saturated rings. The lowest BCUT2D eigenvalue weighted by atomic mass is 9.66. The van der Waals surface area contributed by atoms with Crippen LogP contribution in [0, 0.1) is 18.2 Å². The van der Waals surface area contributed by atoms with Gasteiger partial charge < -0.3 is 0 Å². The Morgan fingerprint density at radius 1 is 0.967 bits per heavy atom. The lowest BCUT2D eigenvalue weighted by molar-refractivity contribution is 0.144. The van der Waals surface area contributed by atoms with Crippen LogP contribution in [0.25, 0.3) is 0 Å². The van der Waals surface area contributed by atoms with Gasteiger partial charge in [0.25, 0.3) is 0 Å². The summed E-state index contributed by atoms with van der Waals surface area (Å²) in [6.45, 7) is 4.19. The van der Waals surface area contributed by atoms with E-state index < -0.39 is 0 Å². The predicted molar refractivity (Wildman–Crippen MR) is 129 cm³/mol. The van der Waals surface area contributed by atoms with Crippen molar-refractivity contribution < 1.29 is 4.39 Å².